The lowest BCUT2D eigenvalue weighted by molar-refractivity contribution is -0.294. The van der Waals surface area contributed by atoms with Gasteiger partial charge in [-0.3, -0.25) is 0 Å². The van der Waals surface area contributed by atoms with E-state index in [0.29, 0.717) is 11.3 Å². The summed E-state index contributed by atoms with van der Waals surface area (Å²) in [5, 5.41) is 13.3. The molecule has 0 saturated heterocycles. The van der Waals surface area contributed by atoms with E-state index in [0.717, 1.165) is 10.8 Å². The maximum atomic E-state index is 11.4. The molecule has 3 nitrogen and oxygen atoms in total. The van der Waals surface area contributed by atoms with Crippen molar-refractivity contribution in [3.8, 4) is 0 Å². The van der Waals surface area contributed by atoms with E-state index in [1.807, 2.05) is 42.5 Å². The van der Waals surface area contributed by atoms with Crippen LogP contribution in [0.25, 0.3) is 10.8 Å². The predicted octanol–water partition coefficient (Wildman–Crippen LogP) is 2.71. The molecule has 0 fully saturated rings. The zero-order valence-electron chi connectivity index (χ0n) is 11.2. The number of carbonyl (C=O) groups is 1. The van der Waals surface area contributed by atoms with Crippen molar-refractivity contribution >= 4 is 28.1 Å². The van der Waals surface area contributed by atoms with Crippen LogP contribution in [0.1, 0.15) is 5.56 Å². The fraction of sp³-hybridized carbons (Fsp3) is 0. The molecule has 0 amide bonds. The largest absolute Gasteiger partial charge is 0.543 e. The first-order chi connectivity index (χ1) is 10.3. The molecule has 0 aliphatic heterocycles. The topological polar surface area (TPSA) is 52.5 Å². The Bertz CT molecular complexity index is 818. The second-order valence-corrected chi connectivity index (χ2v) is 4.61. The van der Waals surface area contributed by atoms with Gasteiger partial charge in [-0.2, -0.15) is 0 Å². The van der Waals surface area contributed by atoms with Gasteiger partial charge in [-0.1, -0.05) is 66.7 Å². The summed E-state index contributed by atoms with van der Waals surface area (Å²) < 4.78 is 0. The van der Waals surface area contributed by atoms with Crippen LogP contribution in [-0.4, -0.2) is 11.7 Å². The second-order valence-electron chi connectivity index (χ2n) is 4.61. The van der Waals surface area contributed by atoms with Gasteiger partial charge in [0.1, 0.15) is 0 Å². The van der Waals surface area contributed by atoms with Crippen LogP contribution in [0.3, 0.4) is 0 Å². The van der Waals surface area contributed by atoms with E-state index in [1.165, 1.54) is 0 Å². The molecule has 3 aromatic rings. The Hall–Kier alpha value is -2.94. The highest BCUT2D eigenvalue weighted by molar-refractivity contribution is 6.42. The Morgan fingerprint density at radius 1 is 0.810 bits per heavy atom. The fourth-order valence-electron chi connectivity index (χ4n) is 2.25. The number of hydrogen-bond donors (Lipinski definition) is 0. The Kier molecular flexibility index (Phi) is 3.48. The zero-order valence-corrected chi connectivity index (χ0v) is 11.2. The van der Waals surface area contributed by atoms with Gasteiger partial charge in [-0.15, -0.1) is 0 Å². The summed E-state index contributed by atoms with van der Waals surface area (Å²) in [5.74, 6) is -1.28. The van der Waals surface area contributed by atoms with Gasteiger partial charge in [0.15, 0.2) is 0 Å². The lowest BCUT2D eigenvalue weighted by Gasteiger charge is -2.09. The number of carboxylic acids is 1. The quantitative estimate of drug-likeness (QED) is 0.689. The molecule has 0 heterocycles. The van der Waals surface area contributed by atoms with Gasteiger partial charge >= 0.3 is 0 Å². The van der Waals surface area contributed by atoms with Crippen molar-refractivity contribution in [2.45, 2.75) is 0 Å². The molecule has 0 bridgehead atoms. The number of aliphatic carboxylic acids is 1. The number of fused-ring (bicyclic) bond motifs is 1. The van der Waals surface area contributed by atoms with Crippen molar-refractivity contribution in [1.29, 1.82) is 0 Å². The number of carbonyl (C=O) groups excluding carboxylic acids is 1. The number of benzene rings is 3. The van der Waals surface area contributed by atoms with Crippen LogP contribution in [0.2, 0.25) is 0 Å². The maximum absolute atomic E-state index is 11.4. The second kappa shape index (κ2) is 5.59. The Labute approximate surface area is 122 Å². The molecule has 0 radical (unpaired) electrons. The van der Waals surface area contributed by atoms with E-state index in [4.69, 9.17) is 0 Å². The zero-order chi connectivity index (χ0) is 14.7. The molecule has 0 unspecified atom stereocenters. The van der Waals surface area contributed by atoms with Crippen LogP contribution in [0.15, 0.2) is 77.8 Å². The van der Waals surface area contributed by atoms with Gasteiger partial charge in [0.25, 0.3) is 0 Å². The fourth-order valence-corrected chi connectivity index (χ4v) is 2.25. The molecule has 0 aliphatic carbocycles. The van der Waals surface area contributed by atoms with Gasteiger partial charge in [0.05, 0.1) is 17.4 Å². The average molecular weight is 274 g/mol. The van der Waals surface area contributed by atoms with E-state index >= 15 is 0 Å². The lowest BCUT2D eigenvalue weighted by atomic mass is 10.1. The monoisotopic (exact) mass is 274 g/mol. The normalized spacial score (nSPS) is 11.5. The first-order valence-corrected chi connectivity index (χ1v) is 6.59. The number of aliphatic imine (C=N–C) groups is 1. The van der Waals surface area contributed by atoms with Crippen molar-refractivity contribution in [2.24, 2.45) is 4.99 Å². The van der Waals surface area contributed by atoms with Crippen LogP contribution >= 0.6 is 0 Å². The van der Waals surface area contributed by atoms with E-state index < -0.39 is 5.97 Å². The number of hydrogen-bond acceptors (Lipinski definition) is 3. The first-order valence-electron chi connectivity index (χ1n) is 6.59. The third-order valence-electron chi connectivity index (χ3n) is 3.24. The van der Waals surface area contributed by atoms with E-state index in [-0.39, 0.29) is 5.71 Å². The molecule has 0 N–H and O–H groups in total. The lowest BCUT2D eigenvalue weighted by Crippen LogP contribution is -2.32. The summed E-state index contributed by atoms with van der Waals surface area (Å²) in [6.45, 7) is 0. The smallest absolute Gasteiger partial charge is 0.0936 e. The number of rotatable bonds is 3. The van der Waals surface area contributed by atoms with Gasteiger partial charge < -0.3 is 9.90 Å². The molecule has 0 atom stereocenters. The molecule has 0 aliphatic rings. The summed E-state index contributed by atoms with van der Waals surface area (Å²) in [7, 11) is 0. The molecule has 102 valence electrons. The third kappa shape index (κ3) is 2.67. The molecule has 3 heteroatoms. The highest BCUT2D eigenvalue weighted by atomic mass is 16.4. The molecule has 3 aromatic carbocycles. The Morgan fingerprint density at radius 3 is 2.24 bits per heavy atom. The van der Waals surface area contributed by atoms with Crippen molar-refractivity contribution in [3.63, 3.8) is 0 Å². The molecule has 3 rings (SSSR count). The minimum Gasteiger partial charge on any atom is -0.543 e. The maximum Gasteiger partial charge on any atom is 0.0936 e. The van der Waals surface area contributed by atoms with E-state index in [1.54, 1.807) is 30.3 Å². The van der Waals surface area contributed by atoms with Crippen molar-refractivity contribution in [1.82, 2.24) is 0 Å². The summed E-state index contributed by atoms with van der Waals surface area (Å²) in [6.07, 6.45) is 0. The number of carboxylic acid groups (broad SMARTS) is 1. The summed E-state index contributed by atoms with van der Waals surface area (Å²) >= 11 is 0. The van der Waals surface area contributed by atoms with Crippen molar-refractivity contribution < 1.29 is 9.90 Å². The Balaban J connectivity index is 2.19. The molecule has 0 aromatic heterocycles. The van der Waals surface area contributed by atoms with Crippen LogP contribution in [-0.2, 0) is 4.79 Å². The highest BCUT2D eigenvalue weighted by Crippen LogP contribution is 2.26. The van der Waals surface area contributed by atoms with E-state index in [9.17, 15) is 9.90 Å². The van der Waals surface area contributed by atoms with Crippen LogP contribution < -0.4 is 5.11 Å². The molecular weight excluding hydrogens is 262 g/mol. The molecule has 0 spiro atoms. The first kappa shape index (κ1) is 13.1. The highest BCUT2D eigenvalue weighted by Gasteiger charge is 2.06. The van der Waals surface area contributed by atoms with Crippen LogP contribution in [0.5, 0.6) is 0 Å². The third-order valence-corrected chi connectivity index (χ3v) is 3.24. The van der Waals surface area contributed by atoms with Crippen molar-refractivity contribution in [2.75, 3.05) is 0 Å². The summed E-state index contributed by atoms with van der Waals surface area (Å²) in [5.41, 5.74) is 1.09. The minimum atomic E-state index is -1.28. The summed E-state index contributed by atoms with van der Waals surface area (Å²) in [4.78, 5) is 15.7. The SMILES string of the molecule is O=C([O-])C(=Nc1cccc2ccccc12)c1ccccc1. The molecular formula is C18H12NO2-. The van der Waals surface area contributed by atoms with E-state index in [2.05, 4.69) is 4.99 Å². The van der Waals surface area contributed by atoms with Gasteiger partial charge in [0, 0.05) is 10.9 Å². The van der Waals surface area contributed by atoms with Gasteiger partial charge in [-0.05, 0) is 11.5 Å². The molecule has 21 heavy (non-hydrogen) atoms. The van der Waals surface area contributed by atoms with Gasteiger partial charge in [0.2, 0.25) is 0 Å². The van der Waals surface area contributed by atoms with Crippen molar-refractivity contribution in [3.05, 3.63) is 78.4 Å². The predicted molar refractivity (Wildman–Crippen MR) is 81.6 cm³/mol. The number of nitrogens with zero attached hydrogens (tertiary/aromatic N) is 1. The standard InChI is InChI=1S/C18H13NO2/c20-18(21)17(14-8-2-1-3-9-14)19-16-12-6-10-13-7-4-5-11-15(13)16/h1-12H,(H,20,21)/p-1. The van der Waals surface area contributed by atoms with Crippen LogP contribution in [0, 0.1) is 0 Å². The van der Waals surface area contributed by atoms with Gasteiger partial charge in [-0.25, -0.2) is 4.99 Å². The van der Waals surface area contributed by atoms with Crippen LogP contribution in [0.4, 0.5) is 5.69 Å². The minimum absolute atomic E-state index is 0.0630. The average Bonchev–Trinajstić information content (AvgIpc) is 2.53. The molecule has 0 saturated carbocycles. The summed E-state index contributed by atoms with van der Waals surface area (Å²) in [6, 6.07) is 22.2. The Morgan fingerprint density at radius 2 is 1.48 bits per heavy atom.